The van der Waals surface area contributed by atoms with Crippen molar-refractivity contribution < 1.29 is 17.6 Å². The predicted molar refractivity (Wildman–Crippen MR) is 80.9 cm³/mol. The lowest BCUT2D eigenvalue weighted by atomic mass is 9.93. The minimum Gasteiger partial charge on any atom is -0.206 e. The molecule has 0 aliphatic carbocycles. The van der Waals surface area contributed by atoms with Gasteiger partial charge in [0.2, 0.25) is 0 Å². The zero-order valence-electron chi connectivity index (χ0n) is 13.2. The zero-order valence-corrected chi connectivity index (χ0v) is 13.2. The molecule has 0 heterocycles. The monoisotopic (exact) mass is 314 g/mol. The second kappa shape index (κ2) is 8.22. The highest BCUT2D eigenvalue weighted by molar-refractivity contribution is 5.38. The van der Waals surface area contributed by atoms with Crippen molar-refractivity contribution in [1.29, 1.82) is 0 Å². The van der Waals surface area contributed by atoms with Crippen LogP contribution in [0.4, 0.5) is 17.6 Å². The quantitative estimate of drug-likeness (QED) is 0.463. The third-order valence-electron chi connectivity index (χ3n) is 3.54. The summed E-state index contributed by atoms with van der Waals surface area (Å²) in [6.07, 6.45) is -0.628. The maximum absolute atomic E-state index is 13.7. The van der Waals surface area contributed by atoms with E-state index in [1.165, 1.54) is 18.6 Å². The van der Waals surface area contributed by atoms with E-state index in [2.05, 4.69) is 20.8 Å². The number of rotatable bonds is 6. The fourth-order valence-corrected chi connectivity index (χ4v) is 2.13. The largest absolute Gasteiger partial charge is 0.458 e. The average molecular weight is 314 g/mol. The second-order valence-electron chi connectivity index (χ2n) is 6.18. The third kappa shape index (κ3) is 7.49. The molecule has 1 atom stereocenters. The lowest BCUT2D eigenvalue weighted by Crippen LogP contribution is -2.02. The standard InChI is InChI=1S/C18H22F4/c1-13(2)4-5-14(3)6-7-15-8-9-16(17(19)12-15)10-11-18(20,21)22/h8-9,12-14H,4-7H2,1-3H3. The van der Waals surface area contributed by atoms with E-state index in [0.29, 0.717) is 11.8 Å². The molecule has 1 rings (SSSR count). The van der Waals surface area contributed by atoms with Gasteiger partial charge in [0.1, 0.15) is 5.82 Å². The van der Waals surface area contributed by atoms with Crippen LogP contribution in [0, 0.1) is 29.5 Å². The van der Waals surface area contributed by atoms with E-state index in [-0.39, 0.29) is 5.56 Å². The van der Waals surface area contributed by atoms with Gasteiger partial charge in [-0.1, -0.05) is 45.6 Å². The minimum absolute atomic E-state index is 0.214. The van der Waals surface area contributed by atoms with Crippen molar-refractivity contribution >= 4 is 0 Å². The first-order valence-corrected chi connectivity index (χ1v) is 7.55. The van der Waals surface area contributed by atoms with E-state index < -0.39 is 12.0 Å². The molecule has 0 saturated heterocycles. The molecule has 4 heteroatoms. The molecule has 22 heavy (non-hydrogen) atoms. The Morgan fingerprint density at radius 3 is 2.27 bits per heavy atom. The first-order chi connectivity index (χ1) is 10.2. The van der Waals surface area contributed by atoms with Crippen LogP contribution in [0.1, 0.15) is 51.2 Å². The molecule has 0 saturated carbocycles. The van der Waals surface area contributed by atoms with Gasteiger partial charge in [-0.05, 0) is 42.4 Å². The Morgan fingerprint density at radius 1 is 1.05 bits per heavy atom. The summed E-state index contributed by atoms with van der Waals surface area (Å²) in [6, 6.07) is 4.26. The van der Waals surface area contributed by atoms with Crippen LogP contribution in [0.25, 0.3) is 0 Å². The van der Waals surface area contributed by atoms with E-state index in [0.717, 1.165) is 30.7 Å². The van der Waals surface area contributed by atoms with Crippen molar-refractivity contribution in [2.24, 2.45) is 11.8 Å². The molecular weight excluding hydrogens is 292 g/mol. The van der Waals surface area contributed by atoms with Gasteiger partial charge in [-0.15, -0.1) is 0 Å². The topological polar surface area (TPSA) is 0 Å². The molecule has 1 aromatic carbocycles. The zero-order chi connectivity index (χ0) is 16.8. The summed E-state index contributed by atoms with van der Waals surface area (Å²) in [5.41, 5.74) is 0.584. The van der Waals surface area contributed by atoms with Gasteiger partial charge < -0.3 is 0 Å². The summed E-state index contributed by atoms with van der Waals surface area (Å²) in [5.74, 6) is 3.45. The second-order valence-corrected chi connectivity index (χ2v) is 6.18. The molecule has 0 aromatic heterocycles. The molecule has 0 N–H and O–H groups in total. The molecule has 0 fully saturated rings. The number of halogens is 4. The van der Waals surface area contributed by atoms with Gasteiger partial charge >= 0.3 is 6.18 Å². The van der Waals surface area contributed by atoms with E-state index in [4.69, 9.17) is 0 Å². The van der Waals surface area contributed by atoms with Crippen LogP contribution in [-0.4, -0.2) is 6.18 Å². The number of aryl methyl sites for hydroxylation is 1. The third-order valence-corrected chi connectivity index (χ3v) is 3.54. The predicted octanol–water partition coefficient (Wildman–Crippen LogP) is 5.74. The van der Waals surface area contributed by atoms with E-state index in [1.54, 1.807) is 6.07 Å². The molecule has 0 aliphatic rings. The Kier molecular flexibility index (Phi) is 6.93. The lowest BCUT2D eigenvalue weighted by molar-refractivity contribution is -0.0696. The van der Waals surface area contributed by atoms with Gasteiger partial charge in [0.15, 0.2) is 0 Å². The minimum atomic E-state index is -4.60. The summed E-state index contributed by atoms with van der Waals surface area (Å²) in [5, 5.41) is 0. The van der Waals surface area contributed by atoms with Crippen LogP contribution < -0.4 is 0 Å². The number of alkyl halides is 3. The molecule has 0 nitrogen and oxygen atoms in total. The van der Waals surface area contributed by atoms with Gasteiger partial charge in [-0.3, -0.25) is 0 Å². The molecular formula is C18H22F4. The van der Waals surface area contributed by atoms with Crippen molar-refractivity contribution in [2.45, 2.75) is 52.6 Å². The van der Waals surface area contributed by atoms with Crippen molar-refractivity contribution in [3.8, 4) is 11.8 Å². The highest BCUT2D eigenvalue weighted by atomic mass is 19.4. The van der Waals surface area contributed by atoms with Crippen LogP contribution in [0.5, 0.6) is 0 Å². The number of hydrogen-bond acceptors (Lipinski definition) is 0. The maximum atomic E-state index is 13.7. The molecule has 0 radical (unpaired) electrons. The van der Waals surface area contributed by atoms with Gasteiger partial charge in [0.05, 0.1) is 5.56 Å². The van der Waals surface area contributed by atoms with Crippen LogP contribution in [0.15, 0.2) is 18.2 Å². The molecule has 0 bridgehead atoms. The van der Waals surface area contributed by atoms with E-state index in [1.807, 2.05) is 5.92 Å². The fourth-order valence-electron chi connectivity index (χ4n) is 2.13. The maximum Gasteiger partial charge on any atom is 0.458 e. The summed E-state index contributed by atoms with van der Waals surface area (Å²) in [4.78, 5) is 0. The molecule has 1 aromatic rings. The summed E-state index contributed by atoms with van der Waals surface area (Å²) >= 11 is 0. The normalized spacial score (nSPS) is 12.9. The van der Waals surface area contributed by atoms with Crippen LogP contribution in [0.2, 0.25) is 0 Å². The van der Waals surface area contributed by atoms with Crippen LogP contribution >= 0.6 is 0 Å². The van der Waals surface area contributed by atoms with E-state index >= 15 is 0 Å². The molecule has 0 spiro atoms. The van der Waals surface area contributed by atoms with Crippen molar-refractivity contribution in [3.05, 3.63) is 35.1 Å². The highest BCUT2D eigenvalue weighted by Crippen LogP contribution is 2.19. The molecule has 0 aliphatic heterocycles. The van der Waals surface area contributed by atoms with Crippen molar-refractivity contribution in [1.82, 2.24) is 0 Å². The molecule has 1 unspecified atom stereocenters. The van der Waals surface area contributed by atoms with Gasteiger partial charge in [0, 0.05) is 5.92 Å². The SMILES string of the molecule is CC(C)CCC(C)CCc1ccc(C#CC(F)(F)F)c(F)c1. The summed E-state index contributed by atoms with van der Waals surface area (Å²) in [7, 11) is 0. The lowest BCUT2D eigenvalue weighted by Gasteiger charge is -2.13. The van der Waals surface area contributed by atoms with Crippen LogP contribution in [0.3, 0.4) is 0 Å². The Labute approximate surface area is 129 Å². The summed E-state index contributed by atoms with van der Waals surface area (Å²) in [6.45, 7) is 6.54. The molecule has 0 amide bonds. The Balaban J connectivity index is 2.60. The van der Waals surface area contributed by atoms with Gasteiger partial charge in [-0.25, -0.2) is 4.39 Å². The fraction of sp³-hybridized carbons (Fsp3) is 0.556. The van der Waals surface area contributed by atoms with Crippen molar-refractivity contribution in [2.75, 3.05) is 0 Å². The number of hydrogen-bond donors (Lipinski definition) is 0. The Bertz CT molecular complexity index is 532. The van der Waals surface area contributed by atoms with Crippen LogP contribution in [-0.2, 0) is 6.42 Å². The summed E-state index contributed by atoms with van der Waals surface area (Å²) < 4.78 is 49.7. The van der Waals surface area contributed by atoms with Gasteiger partial charge in [0.25, 0.3) is 0 Å². The average Bonchev–Trinajstić information content (AvgIpc) is 2.40. The van der Waals surface area contributed by atoms with Crippen molar-refractivity contribution in [3.63, 3.8) is 0 Å². The van der Waals surface area contributed by atoms with Gasteiger partial charge in [-0.2, -0.15) is 13.2 Å². The first-order valence-electron chi connectivity index (χ1n) is 7.55. The number of benzene rings is 1. The Morgan fingerprint density at radius 2 is 1.73 bits per heavy atom. The first kappa shape index (κ1) is 18.5. The smallest absolute Gasteiger partial charge is 0.206 e. The molecule has 122 valence electrons. The highest BCUT2D eigenvalue weighted by Gasteiger charge is 2.23. The van der Waals surface area contributed by atoms with E-state index in [9.17, 15) is 17.6 Å². The Hall–Kier alpha value is -1.50.